The van der Waals surface area contributed by atoms with Gasteiger partial charge in [-0.1, -0.05) is 6.92 Å². The quantitative estimate of drug-likeness (QED) is 0.669. The van der Waals surface area contributed by atoms with Crippen LogP contribution in [0.15, 0.2) is 18.2 Å². The van der Waals surface area contributed by atoms with Crippen molar-refractivity contribution in [3.05, 3.63) is 39.7 Å². The van der Waals surface area contributed by atoms with Gasteiger partial charge in [-0.2, -0.15) is 0 Å². The summed E-state index contributed by atoms with van der Waals surface area (Å²) in [4.78, 5) is 22.1. The van der Waals surface area contributed by atoms with E-state index in [-0.39, 0.29) is 17.3 Å². The molecule has 22 heavy (non-hydrogen) atoms. The van der Waals surface area contributed by atoms with Crippen LogP contribution in [0.2, 0.25) is 0 Å². The zero-order valence-electron chi connectivity index (χ0n) is 12.4. The lowest BCUT2D eigenvalue weighted by molar-refractivity contribution is -0.385. The van der Waals surface area contributed by atoms with E-state index in [1.165, 1.54) is 0 Å². The standard InChI is InChI=1S/C15H19FN2O4/c1-2-14(10-5-7-22-8-6-10)17-15(19)12-4-3-11(18(20)21)9-13(12)16/h3-4,9-10,14H,2,5-8H2,1H3,(H,17,19)/t14-/m0/s1. The van der Waals surface area contributed by atoms with Crippen LogP contribution < -0.4 is 5.32 Å². The Bertz CT molecular complexity index is 558. The van der Waals surface area contributed by atoms with Crippen molar-refractivity contribution >= 4 is 11.6 Å². The van der Waals surface area contributed by atoms with E-state index in [0.29, 0.717) is 19.1 Å². The molecule has 1 aromatic carbocycles. The summed E-state index contributed by atoms with van der Waals surface area (Å²) >= 11 is 0. The molecule has 0 radical (unpaired) electrons. The highest BCUT2D eigenvalue weighted by atomic mass is 19.1. The number of benzene rings is 1. The number of hydrogen-bond acceptors (Lipinski definition) is 4. The number of halogens is 1. The van der Waals surface area contributed by atoms with Crippen LogP contribution in [0.3, 0.4) is 0 Å². The lowest BCUT2D eigenvalue weighted by Crippen LogP contribution is -2.42. The molecule has 1 heterocycles. The van der Waals surface area contributed by atoms with Gasteiger partial charge >= 0.3 is 0 Å². The number of ether oxygens (including phenoxy) is 1. The van der Waals surface area contributed by atoms with E-state index in [1.54, 1.807) is 0 Å². The largest absolute Gasteiger partial charge is 0.381 e. The number of nitrogens with one attached hydrogen (secondary N) is 1. The summed E-state index contributed by atoms with van der Waals surface area (Å²) in [6, 6.07) is 3.00. The van der Waals surface area contributed by atoms with E-state index < -0.39 is 16.6 Å². The highest BCUT2D eigenvalue weighted by molar-refractivity contribution is 5.94. The van der Waals surface area contributed by atoms with Gasteiger partial charge in [-0.25, -0.2) is 4.39 Å². The highest BCUT2D eigenvalue weighted by Gasteiger charge is 2.25. The van der Waals surface area contributed by atoms with Crippen LogP contribution in [0.5, 0.6) is 0 Å². The maximum atomic E-state index is 13.9. The van der Waals surface area contributed by atoms with Gasteiger partial charge in [0, 0.05) is 25.3 Å². The Morgan fingerprint density at radius 1 is 1.50 bits per heavy atom. The summed E-state index contributed by atoms with van der Waals surface area (Å²) < 4.78 is 19.2. The molecule has 0 unspecified atom stereocenters. The highest BCUT2D eigenvalue weighted by Crippen LogP contribution is 2.22. The predicted molar refractivity (Wildman–Crippen MR) is 78.1 cm³/mol. The number of amides is 1. The molecule has 0 aliphatic carbocycles. The average Bonchev–Trinajstić information content (AvgIpc) is 2.53. The lowest BCUT2D eigenvalue weighted by Gasteiger charge is -2.30. The molecule has 1 atom stereocenters. The summed E-state index contributed by atoms with van der Waals surface area (Å²) in [5.74, 6) is -1.11. The molecule has 7 heteroatoms. The second-order valence-electron chi connectivity index (χ2n) is 5.36. The van der Waals surface area contributed by atoms with E-state index in [0.717, 1.165) is 37.5 Å². The van der Waals surface area contributed by atoms with Gasteiger partial charge in [0.15, 0.2) is 0 Å². The van der Waals surface area contributed by atoms with Crippen molar-refractivity contribution < 1.29 is 18.8 Å². The number of rotatable bonds is 5. The number of non-ortho nitro benzene ring substituents is 1. The Kier molecular flexibility index (Phi) is 5.43. The monoisotopic (exact) mass is 310 g/mol. The molecule has 1 aromatic rings. The summed E-state index contributed by atoms with van der Waals surface area (Å²) in [6.45, 7) is 3.30. The Labute approximate surface area is 127 Å². The molecule has 120 valence electrons. The van der Waals surface area contributed by atoms with Crippen molar-refractivity contribution in [2.24, 2.45) is 5.92 Å². The number of hydrogen-bond donors (Lipinski definition) is 1. The molecule has 0 spiro atoms. The van der Waals surface area contributed by atoms with E-state index >= 15 is 0 Å². The maximum Gasteiger partial charge on any atom is 0.272 e. The van der Waals surface area contributed by atoms with Gasteiger partial charge in [0.05, 0.1) is 16.6 Å². The smallest absolute Gasteiger partial charge is 0.272 e. The zero-order valence-corrected chi connectivity index (χ0v) is 12.4. The molecule has 1 amide bonds. The molecule has 1 aliphatic heterocycles. The maximum absolute atomic E-state index is 13.9. The first-order valence-electron chi connectivity index (χ1n) is 7.35. The van der Waals surface area contributed by atoms with Crippen molar-refractivity contribution in [1.29, 1.82) is 0 Å². The van der Waals surface area contributed by atoms with Crippen molar-refractivity contribution in [2.75, 3.05) is 13.2 Å². The van der Waals surface area contributed by atoms with Crippen molar-refractivity contribution in [3.8, 4) is 0 Å². The Hall–Kier alpha value is -2.02. The average molecular weight is 310 g/mol. The summed E-state index contributed by atoms with van der Waals surface area (Å²) in [6.07, 6.45) is 2.47. The normalized spacial score (nSPS) is 17.0. The fourth-order valence-corrected chi connectivity index (χ4v) is 2.72. The van der Waals surface area contributed by atoms with Gasteiger partial charge in [0.25, 0.3) is 11.6 Å². The first-order valence-corrected chi connectivity index (χ1v) is 7.35. The zero-order chi connectivity index (χ0) is 16.1. The van der Waals surface area contributed by atoms with Crippen LogP contribution in [0, 0.1) is 21.8 Å². The predicted octanol–water partition coefficient (Wildman–Crippen LogP) is 2.67. The topological polar surface area (TPSA) is 81.5 Å². The van der Waals surface area contributed by atoms with Gasteiger partial charge in [0.1, 0.15) is 5.82 Å². The molecule has 0 bridgehead atoms. The molecule has 0 saturated carbocycles. The van der Waals surface area contributed by atoms with E-state index in [2.05, 4.69) is 5.32 Å². The van der Waals surface area contributed by atoms with E-state index in [4.69, 9.17) is 4.74 Å². The first kappa shape index (κ1) is 16.4. The van der Waals surface area contributed by atoms with Crippen LogP contribution >= 0.6 is 0 Å². The van der Waals surface area contributed by atoms with Crippen molar-refractivity contribution in [2.45, 2.75) is 32.2 Å². The fraction of sp³-hybridized carbons (Fsp3) is 0.533. The molecule has 1 N–H and O–H groups in total. The molecule has 1 saturated heterocycles. The number of nitro groups is 1. The fourth-order valence-electron chi connectivity index (χ4n) is 2.72. The second kappa shape index (κ2) is 7.31. The Balaban J connectivity index is 2.08. The van der Waals surface area contributed by atoms with Crippen LogP contribution in [0.1, 0.15) is 36.5 Å². The van der Waals surface area contributed by atoms with E-state index in [9.17, 15) is 19.3 Å². The second-order valence-corrected chi connectivity index (χ2v) is 5.36. The van der Waals surface area contributed by atoms with Crippen LogP contribution in [-0.4, -0.2) is 30.1 Å². The number of carbonyl (C=O) groups excluding carboxylic acids is 1. The SMILES string of the molecule is CC[C@H](NC(=O)c1ccc([N+](=O)[O-])cc1F)C1CCOCC1. The molecular formula is C15H19FN2O4. The van der Waals surface area contributed by atoms with E-state index in [1.807, 2.05) is 6.92 Å². The minimum Gasteiger partial charge on any atom is -0.381 e. The minimum atomic E-state index is -0.881. The molecule has 6 nitrogen and oxygen atoms in total. The third kappa shape index (κ3) is 3.79. The Morgan fingerprint density at radius 3 is 2.73 bits per heavy atom. The summed E-state index contributed by atoms with van der Waals surface area (Å²) in [5.41, 5.74) is -0.540. The summed E-state index contributed by atoms with van der Waals surface area (Å²) in [5, 5.41) is 13.4. The molecule has 0 aromatic heterocycles. The van der Waals surface area contributed by atoms with Gasteiger partial charge in [-0.15, -0.1) is 0 Å². The van der Waals surface area contributed by atoms with Crippen LogP contribution in [-0.2, 0) is 4.74 Å². The number of carbonyl (C=O) groups is 1. The van der Waals surface area contributed by atoms with Crippen LogP contribution in [0.25, 0.3) is 0 Å². The van der Waals surface area contributed by atoms with Gasteiger partial charge in [-0.05, 0) is 31.2 Å². The third-order valence-electron chi connectivity index (χ3n) is 4.00. The number of nitro benzene ring substituents is 1. The molecule has 1 aliphatic rings. The third-order valence-corrected chi connectivity index (χ3v) is 4.00. The van der Waals surface area contributed by atoms with Crippen molar-refractivity contribution in [3.63, 3.8) is 0 Å². The van der Waals surface area contributed by atoms with Gasteiger partial charge in [-0.3, -0.25) is 14.9 Å². The van der Waals surface area contributed by atoms with Crippen molar-refractivity contribution in [1.82, 2.24) is 5.32 Å². The Morgan fingerprint density at radius 2 is 2.18 bits per heavy atom. The summed E-state index contributed by atoms with van der Waals surface area (Å²) in [7, 11) is 0. The van der Waals surface area contributed by atoms with Crippen LogP contribution in [0.4, 0.5) is 10.1 Å². The van der Waals surface area contributed by atoms with Gasteiger partial charge < -0.3 is 10.1 Å². The molecular weight excluding hydrogens is 291 g/mol. The first-order chi connectivity index (χ1) is 10.5. The molecule has 2 rings (SSSR count). The minimum absolute atomic E-state index is 0.0500. The number of nitrogens with zero attached hydrogens (tertiary/aromatic N) is 1. The van der Waals surface area contributed by atoms with Gasteiger partial charge in [0.2, 0.25) is 0 Å². The lowest BCUT2D eigenvalue weighted by atomic mass is 9.90. The molecule has 1 fully saturated rings.